The maximum Gasteiger partial charge on any atom is 0.272 e. The molecule has 0 saturated heterocycles. The molecule has 6 heteroatoms. The molecule has 2 N–H and O–H groups in total. The number of aromatic amines is 1. The van der Waals surface area contributed by atoms with E-state index in [9.17, 15) is 9.18 Å². The van der Waals surface area contributed by atoms with Crippen LogP contribution < -0.4 is 5.32 Å². The number of amides is 1. The van der Waals surface area contributed by atoms with Gasteiger partial charge in [0.25, 0.3) is 5.91 Å². The number of aromatic nitrogens is 1. The van der Waals surface area contributed by atoms with E-state index in [0.717, 1.165) is 4.47 Å². The first-order valence-electron chi connectivity index (χ1n) is 4.66. The summed E-state index contributed by atoms with van der Waals surface area (Å²) in [6, 6.07) is 5.88. The van der Waals surface area contributed by atoms with Crippen molar-refractivity contribution in [1.82, 2.24) is 4.98 Å². The van der Waals surface area contributed by atoms with Gasteiger partial charge in [-0.1, -0.05) is 0 Å². The summed E-state index contributed by atoms with van der Waals surface area (Å²) in [5.74, 6) is -0.588. The van der Waals surface area contributed by atoms with Crippen LogP contribution in [-0.2, 0) is 0 Å². The third kappa shape index (κ3) is 3.06. The smallest absolute Gasteiger partial charge is 0.272 e. The molecule has 0 aliphatic rings. The summed E-state index contributed by atoms with van der Waals surface area (Å²) in [5, 5.41) is 2.70. The highest BCUT2D eigenvalue weighted by atomic mass is 127. The van der Waals surface area contributed by atoms with Gasteiger partial charge in [-0.15, -0.1) is 0 Å². The van der Waals surface area contributed by atoms with Crippen LogP contribution >= 0.6 is 38.5 Å². The van der Waals surface area contributed by atoms with Crippen molar-refractivity contribution >= 4 is 50.1 Å². The van der Waals surface area contributed by atoms with Crippen molar-refractivity contribution in [2.24, 2.45) is 0 Å². The van der Waals surface area contributed by atoms with Gasteiger partial charge in [-0.3, -0.25) is 4.79 Å². The van der Waals surface area contributed by atoms with Crippen LogP contribution in [0.4, 0.5) is 10.1 Å². The fourth-order valence-corrected chi connectivity index (χ4v) is 2.24. The summed E-state index contributed by atoms with van der Waals surface area (Å²) in [7, 11) is 0. The van der Waals surface area contributed by atoms with Gasteiger partial charge in [-0.05, 0) is 62.8 Å². The van der Waals surface area contributed by atoms with Crippen molar-refractivity contribution in [3.8, 4) is 0 Å². The zero-order chi connectivity index (χ0) is 12.4. The molecule has 3 nitrogen and oxygen atoms in total. The Hall–Kier alpha value is -0.890. The minimum absolute atomic E-state index is 0.264. The second kappa shape index (κ2) is 5.18. The Morgan fingerprint density at radius 2 is 2.18 bits per heavy atom. The van der Waals surface area contributed by atoms with Crippen molar-refractivity contribution in [2.45, 2.75) is 0 Å². The van der Waals surface area contributed by atoms with Gasteiger partial charge in [-0.2, -0.15) is 0 Å². The average molecular weight is 409 g/mol. The lowest BCUT2D eigenvalue weighted by Crippen LogP contribution is -2.13. The molecular weight excluding hydrogens is 402 g/mol. The molecule has 2 aromatic rings. The quantitative estimate of drug-likeness (QED) is 0.730. The van der Waals surface area contributed by atoms with Crippen LogP contribution in [-0.4, -0.2) is 10.9 Å². The van der Waals surface area contributed by atoms with E-state index in [0.29, 0.717) is 15.0 Å². The van der Waals surface area contributed by atoms with E-state index in [4.69, 9.17) is 0 Å². The summed E-state index contributed by atoms with van der Waals surface area (Å²) < 4.78 is 14.3. The topological polar surface area (TPSA) is 44.9 Å². The van der Waals surface area contributed by atoms with Crippen LogP contribution in [0, 0.1) is 9.39 Å². The van der Waals surface area contributed by atoms with Crippen molar-refractivity contribution in [3.05, 3.63) is 50.0 Å². The summed E-state index contributed by atoms with van der Waals surface area (Å²) in [6.07, 6.45) is 1.67. The predicted octanol–water partition coefficient (Wildman–Crippen LogP) is 3.77. The predicted molar refractivity (Wildman–Crippen MR) is 75.6 cm³/mol. The van der Waals surface area contributed by atoms with Gasteiger partial charge in [0.05, 0.1) is 5.69 Å². The number of hydrogen-bond donors (Lipinski definition) is 2. The van der Waals surface area contributed by atoms with Crippen LogP contribution in [0.15, 0.2) is 34.9 Å². The summed E-state index contributed by atoms with van der Waals surface area (Å²) >= 11 is 5.22. The lowest BCUT2D eigenvalue weighted by molar-refractivity contribution is 0.102. The molecule has 0 aliphatic heterocycles. The first-order valence-corrected chi connectivity index (χ1v) is 6.54. The molecule has 1 aromatic carbocycles. The first kappa shape index (κ1) is 12.6. The Labute approximate surface area is 119 Å². The van der Waals surface area contributed by atoms with Gasteiger partial charge < -0.3 is 10.3 Å². The lowest BCUT2D eigenvalue weighted by Gasteiger charge is -2.06. The number of carbonyl (C=O) groups excluding carboxylic acids is 1. The van der Waals surface area contributed by atoms with Crippen molar-refractivity contribution in [1.29, 1.82) is 0 Å². The molecule has 0 aliphatic carbocycles. The number of anilines is 1. The summed E-state index contributed by atoms with van der Waals surface area (Å²) in [4.78, 5) is 14.6. The van der Waals surface area contributed by atoms with Gasteiger partial charge in [0.2, 0.25) is 0 Å². The number of rotatable bonds is 2. The van der Waals surface area contributed by atoms with Gasteiger partial charge >= 0.3 is 0 Å². The monoisotopic (exact) mass is 408 g/mol. The number of carbonyl (C=O) groups is 1. The number of benzene rings is 1. The average Bonchev–Trinajstić information content (AvgIpc) is 2.69. The van der Waals surface area contributed by atoms with Gasteiger partial charge in [0, 0.05) is 14.2 Å². The molecule has 0 saturated carbocycles. The zero-order valence-corrected chi connectivity index (χ0v) is 12.2. The minimum atomic E-state index is -0.324. The normalized spacial score (nSPS) is 10.3. The van der Waals surface area contributed by atoms with Crippen LogP contribution in [0.25, 0.3) is 0 Å². The number of hydrogen-bond acceptors (Lipinski definition) is 1. The molecule has 0 unspecified atom stereocenters. The molecule has 17 heavy (non-hydrogen) atoms. The van der Waals surface area contributed by atoms with Gasteiger partial charge in [0.1, 0.15) is 11.5 Å². The standard InChI is InChI=1S/C11H7BrFIN2O/c12-6-3-10(15-5-6)11(17)16-9-2-1-7(13)4-8(9)14/h1-5,15H,(H,16,17). The number of halogens is 3. The maximum atomic E-state index is 12.9. The highest BCUT2D eigenvalue weighted by Crippen LogP contribution is 2.20. The highest BCUT2D eigenvalue weighted by Gasteiger charge is 2.10. The fourth-order valence-electron chi connectivity index (χ4n) is 1.28. The van der Waals surface area contributed by atoms with Crippen molar-refractivity contribution in [2.75, 3.05) is 5.32 Å². The molecular formula is C11H7BrFIN2O. The Kier molecular flexibility index (Phi) is 3.82. The lowest BCUT2D eigenvalue weighted by atomic mass is 10.3. The van der Waals surface area contributed by atoms with E-state index in [2.05, 4.69) is 26.2 Å². The summed E-state index contributed by atoms with van der Waals surface area (Å²) in [5.41, 5.74) is 1.03. The Bertz CT molecular complexity index is 570. The number of H-pyrrole nitrogens is 1. The van der Waals surface area contributed by atoms with Crippen LogP contribution in [0.1, 0.15) is 10.5 Å². The molecule has 0 atom stereocenters. The van der Waals surface area contributed by atoms with E-state index in [1.54, 1.807) is 12.3 Å². The van der Waals surface area contributed by atoms with E-state index >= 15 is 0 Å². The molecule has 0 radical (unpaired) electrons. The zero-order valence-electron chi connectivity index (χ0n) is 8.43. The van der Waals surface area contributed by atoms with Gasteiger partial charge in [0.15, 0.2) is 0 Å². The highest BCUT2D eigenvalue weighted by molar-refractivity contribution is 14.1. The molecule has 88 valence electrons. The van der Waals surface area contributed by atoms with E-state index < -0.39 is 0 Å². The Morgan fingerprint density at radius 1 is 1.41 bits per heavy atom. The third-order valence-electron chi connectivity index (χ3n) is 2.07. The molecule has 0 bridgehead atoms. The van der Waals surface area contributed by atoms with Crippen molar-refractivity contribution < 1.29 is 9.18 Å². The van der Waals surface area contributed by atoms with Crippen molar-refractivity contribution in [3.63, 3.8) is 0 Å². The molecule has 0 spiro atoms. The maximum absolute atomic E-state index is 12.9. The van der Waals surface area contributed by atoms with Crippen LogP contribution in [0.5, 0.6) is 0 Å². The number of nitrogens with one attached hydrogen (secondary N) is 2. The SMILES string of the molecule is O=C(Nc1ccc(F)cc1I)c1cc(Br)c[nH]1. The van der Waals surface area contributed by atoms with Crippen LogP contribution in [0.2, 0.25) is 0 Å². The Balaban J connectivity index is 2.18. The molecule has 1 aromatic heterocycles. The first-order chi connectivity index (χ1) is 8.06. The molecule has 2 rings (SSSR count). The Morgan fingerprint density at radius 3 is 2.76 bits per heavy atom. The molecule has 1 heterocycles. The largest absolute Gasteiger partial charge is 0.356 e. The second-order valence-electron chi connectivity index (χ2n) is 3.31. The van der Waals surface area contributed by atoms with Gasteiger partial charge in [-0.25, -0.2) is 4.39 Å². The third-order valence-corrected chi connectivity index (χ3v) is 3.42. The van der Waals surface area contributed by atoms with Crippen LogP contribution in [0.3, 0.4) is 0 Å². The molecule has 1 amide bonds. The van der Waals surface area contributed by atoms with E-state index in [1.165, 1.54) is 18.2 Å². The molecule has 0 fully saturated rings. The second-order valence-corrected chi connectivity index (χ2v) is 5.39. The van der Waals surface area contributed by atoms with E-state index in [-0.39, 0.29) is 11.7 Å². The minimum Gasteiger partial charge on any atom is -0.356 e. The van der Waals surface area contributed by atoms with E-state index in [1.807, 2.05) is 22.6 Å². The summed E-state index contributed by atoms with van der Waals surface area (Å²) in [6.45, 7) is 0. The fraction of sp³-hybridized carbons (Fsp3) is 0.